The van der Waals surface area contributed by atoms with Crippen molar-refractivity contribution in [2.75, 3.05) is 13.7 Å². The lowest BCUT2D eigenvalue weighted by Gasteiger charge is -2.17. The maximum atomic E-state index is 12.3. The molecule has 0 fully saturated rings. The van der Waals surface area contributed by atoms with E-state index in [4.69, 9.17) is 9.47 Å². The number of nitrogens with one attached hydrogen (secondary N) is 1. The van der Waals surface area contributed by atoms with Crippen LogP contribution in [0.2, 0.25) is 0 Å². The van der Waals surface area contributed by atoms with Crippen molar-refractivity contribution in [3.05, 3.63) is 77.4 Å². The van der Waals surface area contributed by atoms with Crippen LogP contribution in [0.25, 0.3) is 10.8 Å². The van der Waals surface area contributed by atoms with Crippen LogP contribution in [-0.4, -0.2) is 31.4 Å². The first-order valence-corrected chi connectivity index (χ1v) is 9.99. The molecule has 1 N–H and O–H groups in total. The monoisotopic (exact) mass is 419 g/mol. The Kier molecular flexibility index (Phi) is 7.03. The highest BCUT2D eigenvalue weighted by atomic mass is 16.5. The van der Waals surface area contributed by atoms with E-state index in [1.807, 2.05) is 49.4 Å². The number of ketones is 1. The number of methoxy groups -OCH3 is 1. The highest BCUT2D eigenvalue weighted by Gasteiger charge is 2.16. The summed E-state index contributed by atoms with van der Waals surface area (Å²) in [5.41, 5.74) is 2.00. The molecule has 0 saturated heterocycles. The number of rotatable bonds is 8. The number of hydrogen-bond donors (Lipinski definition) is 1. The van der Waals surface area contributed by atoms with Crippen LogP contribution in [0.5, 0.6) is 5.75 Å². The molecule has 31 heavy (non-hydrogen) atoms. The fraction of sp³-hybridized carbons (Fsp3) is 0.240. The maximum Gasteiger partial charge on any atom is 0.310 e. The van der Waals surface area contributed by atoms with E-state index in [2.05, 4.69) is 5.32 Å². The first kappa shape index (κ1) is 22.0. The third kappa shape index (κ3) is 5.48. The van der Waals surface area contributed by atoms with Gasteiger partial charge in [0.25, 0.3) is 5.91 Å². The van der Waals surface area contributed by atoms with Crippen molar-refractivity contribution in [2.24, 2.45) is 0 Å². The lowest BCUT2D eigenvalue weighted by Crippen LogP contribution is -2.31. The summed E-state index contributed by atoms with van der Waals surface area (Å²) in [6, 6.07) is 18.5. The Morgan fingerprint density at radius 3 is 2.48 bits per heavy atom. The molecule has 0 saturated carbocycles. The van der Waals surface area contributed by atoms with Gasteiger partial charge in [-0.25, -0.2) is 0 Å². The molecule has 6 heteroatoms. The average Bonchev–Trinajstić information content (AvgIpc) is 2.77. The predicted molar refractivity (Wildman–Crippen MR) is 118 cm³/mol. The van der Waals surface area contributed by atoms with Crippen molar-refractivity contribution in [3.63, 3.8) is 0 Å². The molecular weight excluding hydrogens is 394 g/mol. The minimum Gasteiger partial charge on any atom is -0.496 e. The first-order valence-electron chi connectivity index (χ1n) is 9.99. The van der Waals surface area contributed by atoms with Gasteiger partial charge in [-0.15, -0.1) is 0 Å². The summed E-state index contributed by atoms with van der Waals surface area (Å²) in [5.74, 6) is -0.597. The second-order valence-electron chi connectivity index (χ2n) is 7.28. The molecule has 0 aliphatic heterocycles. The van der Waals surface area contributed by atoms with Crippen LogP contribution in [0.4, 0.5) is 0 Å². The summed E-state index contributed by atoms with van der Waals surface area (Å²) in [6.07, 6.45) is -0.101. The van der Waals surface area contributed by atoms with Crippen molar-refractivity contribution < 1.29 is 23.9 Å². The van der Waals surface area contributed by atoms with E-state index < -0.39 is 11.9 Å². The SMILES string of the molecule is COc1ccc(C(C)=O)cc1CC(=O)OCC(=O)N[C@H](C)c1cccc2ccccc12. The van der Waals surface area contributed by atoms with Crippen LogP contribution < -0.4 is 10.1 Å². The van der Waals surface area contributed by atoms with Crippen molar-refractivity contribution in [1.82, 2.24) is 5.32 Å². The normalized spacial score (nSPS) is 11.6. The van der Waals surface area contributed by atoms with Crippen LogP contribution in [0.1, 0.15) is 41.4 Å². The number of carbonyl (C=O) groups excluding carboxylic acids is 3. The summed E-state index contributed by atoms with van der Waals surface area (Å²) in [4.78, 5) is 36.2. The molecule has 0 bridgehead atoms. The van der Waals surface area contributed by atoms with Gasteiger partial charge in [0, 0.05) is 11.1 Å². The Balaban J connectivity index is 1.59. The number of esters is 1. The number of hydrogen-bond acceptors (Lipinski definition) is 5. The van der Waals surface area contributed by atoms with Crippen molar-refractivity contribution in [2.45, 2.75) is 26.3 Å². The Labute approximate surface area is 181 Å². The van der Waals surface area contributed by atoms with Gasteiger partial charge in [0.1, 0.15) is 5.75 Å². The number of amides is 1. The second-order valence-corrected chi connectivity index (χ2v) is 7.28. The van der Waals surface area contributed by atoms with E-state index in [1.165, 1.54) is 14.0 Å². The maximum absolute atomic E-state index is 12.3. The summed E-state index contributed by atoms with van der Waals surface area (Å²) >= 11 is 0. The molecule has 6 nitrogen and oxygen atoms in total. The van der Waals surface area contributed by atoms with Gasteiger partial charge >= 0.3 is 5.97 Å². The van der Waals surface area contributed by atoms with E-state index in [0.29, 0.717) is 16.9 Å². The highest BCUT2D eigenvalue weighted by Crippen LogP contribution is 2.24. The van der Waals surface area contributed by atoms with Crippen LogP contribution >= 0.6 is 0 Å². The van der Waals surface area contributed by atoms with Gasteiger partial charge in [-0.05, 0) is 48.4 Å². The molecule has 0 aliphatic carbocycles. The largest absolute Gasteiger partial charge is 0.496 e. The summed E-state index contributed by atoms with van der Waals surface area (Å²) in [7, 11) is 1.49. The minimum atomic E-state index is -0.577. The molecule has 0 radical (unpaired) electrons. The predicted octanol–water partition coefficient (Wildman–Crippen LogP) is 4.01. The van der Waals surface area contributed by atoms with Gasteiger partial charge in [0.2, 0.25) is 0 Å². The highest BCUT2D eigenvalue weighted by molar-refractivity contribution is 5.94. The third-order valence-corrected chi connectivity index (χ3v) is 5.05. The van der Waals surface area contributed by atoms with Crippen LogP contribution in [0.3, 0.4) is 0 Å². The molecular formula is C25H25NO5. The fourth-order valence-electron chi connectivity index (χ4n) is 3.48. The van der Waals surface area contributed by atoms with Crippen LogP contribution in [0, 0.1) is 0 Å². The Hall–Kier alpha value is -3.67. The van der Waals surface area contributed by atoms with Gasteiger partial charge in [-0.3, -0.25) is 14.4 Å². The van der Waals surface area contributed by atoms with E-state index >= 15 is 0 Å². The number of carbonyl (C=O) groups is 3. The third-order valence-electron chi connectivity index (χ3n) is 5.05. The van der Waals surface area contributed by atoms with E-state index in [0.717, 1.165) is 16.3 Å². The fourth-order valence-corrected chi connectivity index (χ4v) is 3.48. The molecule has 0 spiro atoms. The van der Waals surface area contributed by atoms with Crippen molar-refractivity contribution >= 4 is 28.4 Å². The zero-order valence-electron chi connectivity index (χ0n) is 17.8. The number of fused-ring (bicyclic) bond motifs is 1. The number of benzene rings is 3. The van der Waals surface area contributed by atoms with Crippen LogP contribution in [-0.2, 0) is 20.7 Å². The number of ether oxygens (including phenoxy) is 2. The van der Waals surface area contributed by atoms with Gasteiger partial charge in [0.15, 0.2) is 12.4 Å². The van der Waals surface area contributed by atoms with E-state index in [9.17, 15) is 14.4 Å². The smallest absolute Gasteiger partial charge is 0.310 e. The molecule has 1 amide bonds. The summed E-state index contributed by atoms with van der Waals surface area (Å²) < 4.78 is 10.4. The summed E-state index contributed by atoms with van der Waals surface area (Å²) in [5, 5.41) is 5.02. The molecule has 3 rings (SSSR count). The minimum absolute atomic E-state index is 0.101. The molecule has 0 aliphatic rings. The summed E-state index contributed by atoms with van der Waals surface area (Å²) in [6.45, 7) is 2.95. The van der Waals surface area contributed by atoms with Gasteiger partial charge in [-0.1, -0.05) is 42.5 Å². The van der Waals surface area contributed by atoms with Crippen molar-refractivity contribution in [3.8, 4) is 5.75 Å². The lowest BCUT2D eigenvalue weighted by molar-refractivity contribution is -0.148. The Morgan fingerprint density at radius 1 is 1.00 bits per heavy atom. The molecule has 160 valence electrons. The van der Waals surface area contributed by atoms with E-state index in [1.54, 1.807) is 18.2 Å². The molecule has 0 unspecified atom stereocenters. The lowest BCUT2D eigenvalue weighted by atomic mass is 10.00. The topological polar surface area (TPSA) is 81.7 Å². The Bertz CT molecular complexity index is 1120. The second kappa shape index (κ2) is 9.89. The van der Waals surface area contributed by atoms with E-state index in [-0.39, 0.29) is 24.9 Å². The zero-order valence-corrected chi connectivity index (χ0v) is 17.8. The van der Waals surface area contributed by atoms with Gasteiger partial charge in [-0.2, -0.15) is 0 Å². The Morgan fingerprint density at radius 2 is 1.74 bits per heavy atom. The van der Waals surface area contributed by atoms with Crippen molar-refractivity contribution in [1.29, 1.82) is 0 Å². The molecule has 0 aromatic heterocycles. The average molecular weight is 419 g/mol. The van der Waals surface area contributed by atoms with Crippen LogP contribution in [0.15, 0.2) is 60.7 Å². The molecule has 3 aromatic carbocycles. The molecule has 1 atom stereocenters. The zero-order chi connectivity index (χ0) is 22.4. The number of Topliss-reactive ketones (excluding diaryl/α,β-unsaturated/α-hetero) is 1. The standard InChI is InChI=1S/C25H25NO5/c1-16(21-10-6-8-18-7-4-5-9-22(18)21)26-24(28)15-31-25(29)14-20-13-19(17(2)27)11-12-23(20)30-3/h4-13,16H,14-15H2,1-3H3,(H,26,28)/t16-/m1/s1. The van der Waals surface area contributed by atoms with Gasteiger partial charge < -0.3 is 14.8 Å². The van der Waals surface area contributed by atoms with Gasteiger partial charge in [0.05, 0.1) is 19.6 Å². The molecule has 3 aromatic rings. The first-order chi connectivity index (χ1) is 14.9. The molecule has 0 heterocycles. The quantitative estimate of drug-likeness (QED) is 0.441.